The summed E-state index contributed by atoms with van der Waals surface area (Å²) < 4.78 is 5.15. The van der Waals surface area contributed by atoms with Crippen molar-refractivity contribution in [3.8, 4) is 5.75 Å². The molecule has 3 heteroatoms. The molecule has 1 atom stereocenters. The summed E-state index contributed by atoms with van der Waals surface area (Å²) in [6.45, 7) is 4.97. The van der Waals surface area contributed by atoms with E-state index >= 15 is 0 Å². The zero-order valence-electron chi connectivity index (χ0n) is 11.8. The Hall–Kier alpha value is -1.32. The standard InChI is InChI=1S/C16H23NO2/c1-13(11-17-9-3-4-15(18)12-17)10-14-5-7-16(19-2)8-6-14/h5-8,10,15,18H,3-4,9,11-12H2,1-2H3/b13-10-. The third kappa shape index (κ3) is 4.37. The normalized spacial score (nSPS) is 21.4. The number of hydrogen-bond donors (Lipinski definition) is 1. The lowest BCUT2D eigenvalue weighted by Gasteiger charge is -2.30. The van der Waals surface area contributed by atoms with Crippen LogP contribution in [0, 0.1) is 0 Å². The Morgan fingerprint density at radius 2 is 2.16 bits per heavy atom. The first kappa shape index (κ1) is 14.1. The summed E-state index contributed by atoms with van der Waals surface area (Å²) in [6.07, 6.45) is 4.08. The molecule has 1 unspecified atom stereocenters. The van der Waals surface area contributed by atoms with E-state index in [2.05, 4.69) is 30.0 Å². The number of methoxy groups -OCH3 is 1. The first-order chi connectivity index (χ1) is 9.17. The summed E-state index contributed by atoms with van der Waals surface area (Å²) >= 11 is 0. The Kier molecular flexibility index (Phi) is 5.00. The van der Waals surface area contributed by atoms with Crippen molar-refractivity contribution in [3.05, 3.63) is 35.4 Å². The number of rotatable bonds is 4. The number of aliphatic hydroxyl groups excluding tert-OH is 1. The summed E-state index contributed by atoms with van der Waals surface area (Å²) in [4.78, 5) is 2.32. The number of nitrogens with zero attached hydrogens (tertiary/aromatic N) is 1. The van der Waals surface area contributed by atoms with Crippen LogP contribution in [0.25, 0.3) is 6.08 Å². The number of ether oxygens (including phenoxy) is 1. The Balaban J connectivity index is 1.93. The van der Waals surface area contributed by atoms with Gasteiger partial charge in [0.1, 0.15) is 5.75 Å². The van der Waals surface area contributed by atoms with Gasteiger partial charge in [0.15, 0.2) is 0 Å². The lowest BCUT2D eigenvalue weighted by molar-refractivity contribution is 0.0759. The highest BCUT2D eigenvalue weighted by atomic mass is 16.5. The maximum Gasteiger partial charge on any atom is 0.118 e. The topological polar surface area (TPSA) is 32.7 Å². The van der Waals surface area contributed by atoms with Crippen molar-refractivity contribution in [2.45, 2.75) is 25.9 Å². The van der Waals surface area contributed by atoms with Gasteiger partial charge in [-0.25, -0.2) is 0 Å². The van der Waals surface area contributed by atoms with Crippen LogP contribution < -0.4 is 4.74 Å². The third-order valence-corrected chi connectivity index (χ3v) is 3.48. The summed E-state index contributed by atoms with van der Waals surface area (Å²) in [5, 5.41) is 9.66. The van der Waals surface area contributed by atoms with E-state index in [-0.39, 0.29) is 6.10 Å². The van der Waals surface area contributed by atoms with Crippen LogP contribution >= 0.6 is 0 Å². The molecule has 1 aliphatic rings. The minimum absolute atomic E-state index is 0.150. The van der Waals surface area contributed by atoms with Gasteiger partial charge in [0, 0.05) is 13.1 Å². The van der Waals surface area contributed by atoms with E-state index in [9.17, 15) is 5.11 Å². The van der Waals surface area contributed by atoms with E-state index in [0.717, 1.165) is 38.2 Å². The zero-order valence-corrected chi connectivity index (χ0v) is 11.8. The van der Waals surface area contributed by atoms with Gasteiger partial charge in [-0.2, -0.15) is 0 Å². The second-order valence-electron chi connectivity index (χ2n) is 5.30. The minimum atomic E-state index is -0.150. The molecule has 1 aliphatic heterocycles. The number of hydrogen-bond acceptors (Lipinski definition) is 3. The molecule has 0 aliphatic carbocycles. The van der Waals surface area contributed by atoms with Crippen LogP contribution in [0.15, 0.2) is 29.8 Å². The maximum absolute atomic E-state index is 9.66. The highest BCUT2D eigenvalue weighted by Crippen LogP contribution is 2.16. The third-order valence-electron chi connectivity index (χ3n) is 3.48. The fourth-order valence-electron chi connectivity index (χ4n) is 2.56. The van der Waals surface area contributed by atoms with E-state index < -0.39 is 0 Å². The summed E-state index contributed by atoms with van der Waals surface area (Å²) in [6, 6.07) is 8.08. The molecule has 0 spiro atoms. The number of aliphatic hydroxyl groups is 1. The molecule has 2 rings (SSSR count). The number of piperidine rings is 1. The molecule has 1 saturated heterocycles. The molecule has 0 saturated carbocycles. The van der Waals surface area contributed by atoms with Crippen LogP contribution in [0.4, 0.5) is 0 Å². The van der Waals surface area contributed by atoms with Crippen LogP contribution in [-0.2, 0) is 0 Å². The average Bonchev–Trinajstić information content (AvgIpc) is 2.39. The van der Waals surface area contributed by atoms with E-state index in [0.29, 0.717) is 0 Å². The van der Waals surface area contributed by atoms with Crippen molar-refractivity contribution in [2.75, 3.05) is 26.7 Å². The number of β-amino-alcohol motifs (C(OH)–C–C–N with tert-alkyl or cyclic N) is 1. The van der Waals surface area contributed by atoms with Crippen molar-refractivity contribution < 1.29 is 9.84 Å². The van der Waals surface area contributed by atoms with Crippen LogP contribution in [0.5, 0.6) is 5.75 Å². The monoisotopic (exact) mass is 261 g/mol. The molecule has 19 heavy (non-hydrogen) atoms. The molecule has 0 amide bonds. The molecule has 0 bridgehead atoms. The van der Waals surface area contributed by atoms with Gasteiger partial charge in [-0.1, -0.05) is 23.8 Å². The van der Waals surface area contributed by atoms with Gasteiger partial charge in [0.25, 0.3) is 0 Å². The van der Waals surface area contributed by atoms with E-state index in [1.165, 1.54) is 11.1 Å². The molecule has 3 nitrogen and oxygen atoms in total. The van der Waals surface area contributed by atoms with Crippen LogP contribution in [0.1, 0.15) is 25.3 Å². The van der Waals surface area contributed by atoms with E-state index in [4.69, 9.17) is 4.74 Å². The predicted octanol–water partition coefficient (Wildman–Crippen LogP) is 2.56. The number of benzene rings is 1. The smallest absolute Gasteiger partial charge is 0.118 e. The molecule has 0 aromatic heterocycles. The highest BCUT2D eigenvalue weighted by Gasteiger charge is 2.17. The van der Waals surface area contributed by atoms with Gasteiger partial charge >= 0.3 is 0 Å². The van der Waals surface area contributed by atoms with Gasteiger partial charge in [-0.15, -0.1) is 0 Å². The van der Waals surface area contributed by atoms with Crippen molar-refractivity contribution in [2.24, 2.45) is 0 Å². The average molecular weight is 261 g/mol. The lowest BCUT2D eigenvalue weighted by atomic mass is 10.1. The molecule has 1 fully saturated rings. The van der Waals surface area contributed by atoms with Gasteiger partial charge < -0.3 is 9.84 Å². The van der Waals surface area contributed by atoms with Crippen molar-refractivity contribution in [3.63, 3.8) is 0 Å². The molecule has 1 heterocycles. The molecular formula is C16H23NO2. The fraction of sp³-hybridized carbons (Fsp3) is 0.500. The van der Waals surface area contributed by atoms with Crippen molar-refractivity contribution in [1.29, 1.82) is 0 Å². The van der Waals surface area contributed by atoms with Crippen LogP contribution in [0.2, 0.25) is 0 Å². The largest absolute Gasteiger partial charge is 0.497 e. The van der Waals surface area contributed by atoms with Gasteiger partial charge in [0.2, 0.25) is 0 Å². The van der Waals surface area contributed by atoms with Gasteiger partial charge in [-0.3, -0.25) is 4.90 Å². The van der Waals surface area contributed by atoms with Crippen molar-refractivity contribution >= 4 is 6.08 Å². The Bertz CT molecular complexity index is 425. The molecule has 0 radical (unpaired) electrons. The first-order valence-corrected chi connectivity index (χ1v) is 6.89. The minimum Gasteiger partial charge on any atom is -0.497 e. The van der Waals surface area contributed by atoms with Crippen LogP contribution in [0.3, 0.4) is 0 Å². The fourth-order valence-corrected chi connectivity index (χ4v) is 2.56. The van der Waals surface area contributed by atoms with E-state index in [1.807, 2.05) is 12.1 Å². The summed E-state index contributed by atoms with van der Waals surface area (Å²) in [5.41, 5.74) is 2.51. The zero-order chi connectivity index (χ0) is 13.7. The summed E-state index contributed by atoms with van der Waals surface area (Å²) in [5.74, 6) is 0.883. The van der Waals surface area contributed by atoms with E-state index in [1.54, 1.807) is 7.11 Å². The maximum atomic E-state index is 9.66. The Morgan fingerprint density at radius 1 is 1.42 bits per heavy atom. The molecule has 1 aromatic rings. The highest BCUT2D eigenvalue weighted by molar-refractivity contribution is 5.53. The van der Waals surface area contributed by atoms with Gasteiger partial charge in [0.05, 0.1) is 13.2 Å². The molecule has 1 N–H and O–H groups in total. The molecule has 1 aromatic carbocycles. The predicted molar refractivity (Wildman–Crippen MR) is 78.3 cm³/mol. The lowest BCUT2D eigenvalue weighted by Crippen LogP contribution is -2.38. The molecule has 104 valence electrons. The SMILES string of the molecule is COc1ccc(/C=C(/C)CN2CCCC(O)C2)cc1. The quantitative estimate of drug-likeness (QED) is 0.904. The number of likely N-dealkylation sites (tertiary alicyclic amines) is 1. The van der Waals surface area contributed by atoms with Crippen LogP contribution in [-0.4, -0.2) is 42.9 Å². The Morgan fingerprint density at radius 3 is 2.79 bits per heavy atom. The van der Waals surface area contributed by atoms with Crippen molar-refractivity contribution in [1.82, 2.24) is 4.90 Å². The summed E-state index contributed by atoms with van der Waals surface area (Å²) in [7, 11) is 1.68. The first-order valence-electron chi connectivity index (χ1n) is 6.89. The molecular weight excluding hydrogens is 238 g/mol. The second-order valence-corrected chi connectivity index (χ2v) is 5.30. The second kappa shape index (κ2) is 6.73. The van der Waals surface area contributed by atoms with Gasteiger partial charge in [-0.05, 0) is 44.0 Å². The Labute approximate surface area is 115 Å².